The molecule has 0 bridgehead atoms. The van der Waals surface area contributed by atoms with Crippen molar-refractivity contribution in [3.05, 3.63) is 53.9 Å². The minimum Gasteiger partial charge on any atom is -0.450 e. The van der Waals surface area contributed by atoms with Crippen molar-refractivity contribution in [2.75, 3.05) is 38.1 Å². The molecule has 2 aromatic rings. The molecule has 148 valence electrons. The van der Waals surface area contributed by atoms with Gasteiger partial charge in [-0.1, -0.05) is 0 Å². The Morgan fingerprint density at radius 2 is 1.82 bits per heavy atom. The zero-order valence-corrected chi connectivity index (χ0v) is 15.3. The lowest BCUT2D eigenvalue weighted by molar-refractivity contribution is 0.0566. The molecule has 1 aromatic carbocycles. The normalized spacial score (nSPS) is 14.0. The summed E-state index contributed by atoms with van der Waals surface area (Å²) in [5.74, 6) is -1.69. The molecule has 9 heteroatoms. The standard InChI is InChI=1S/C19H20F2N4O3/c1-2-28-19(27)25-9-7-24(8-10-25)18(26)17-12-14(5-6-22-17)23-16-4-3-13(20)11-15(16)21/h3-6,11-12H,2,7-10H2,1H3,(H,22,23). The van der Waals surface area contributed by atoms with Gasteiger partial charge in [0, 0.05) is 44.1 Å². The third-order valence-electron chi connectivity index (χ3n) is 4.28. The van der Waals surface area contributed by atoms with Crippen molar-refractivity contribution in [2.45, 2.75) is 6.92 Å². The summed E-state index contributed by atoms with van der Waals surface area (Å²) >= 11 is 0. The van der Waals surface area contributed by atoms with Crippen LogP contribution in [0.1, 0.15) is 17.4 Å². The molecule has 2 heterocycles. The number of pyridine rings is 1. The number of carbonyl (C=O) groups is 2. The lowest BCUT2D eigenvalue weighted by Crippen LogP contribution is -2.50. The number of hydrogen-bond acceptors (Lipinski definition) is 5. The van der Waals surface area contributed by atoms with Crippen molar-refractivity contribution < 1.29 is 23.1 Å². The summed E-state index contributed by atoms with van der Waals surface area (Å²) in [7, 11) is 0. The van der Waals surface area contributed by atoms with Crippen LogP contribution in [-0.2, 0) is 4.74 Å². The van der Waals surface area contributed by atoms with Crippen LogP contribution in [-0.4, -0.2) is 59.6 Å². The summed E-state index contributed by atoms with van der Waals surface area (Å²) in [5, 5.41) is 2.81. The first kappa shape index (κ1) is 19.5. The van der Waals surface area contributed by atoms with Gasteiger partial charge in [0.05, 0.1) is 12.3 Å². The maximum Gasteiger partial charge on any atom is 0.409 e. The van der Waals surface area contributed by atoms with Crippen LogP contribution in [0.4, 0.5) is 25.0 Å². The Hall–Kier alpha value is -3.23. The molecule has 0 aliphatic carbocycles. The summed E-state index contributed by atoms with van der Waals surface area (Å²) in [6.07, 6.45) is 1.05. The van der Waals surface area contributed by atoms with Crippen molar-refractivity contribution in [3.8, 4) is 0 Å². The zero-order chi connectivity index (χ0) is 20.1. The quantitative estimate of drug-likeness (QED) is 0.869. The van der Waals surface area contributed by atoms with Crippen LogP contribution in [0.15, 0.2) is 36.5 Å². The summed E-state index contributed by atoms with van der Waals surface area (Å²) in [4.78, 5) is 31.7. The number of rotatable bonds is 4. The fraction of sp³-hybridized carbons (Fsp3) is 0.316. The van der Waals surface area contributed by atoms with E-state index in [1.54, 1.807) is 22.8 Å². The Kier molecular flexibility index (Phi) is 6.03. The lowest BCUT2D eigenvalue weighted by Gasteiger charge is -2.33. The number of carbonyl (C=O) groups excluding carboxylic acids is 2. The first-order chi connectivity index (χ1) is 13.5. The van der Waals surface area contributed by atoms with Gasteiger partial charge in [0.2, 0.25) is 0 Å². The SMILES string of the molecule is CCOC(=O)N1CCN(C(=O)c2cc(Nc3ccc(F)cc3F)ccn2)CC1. The van der Waals surface area contributed by atoms with E-state index in [1.165, 1.54) is 18.3 Å². The first-order valence-electron chi connectivity index (χ1n) is 8.87. The van der Waals surface area contributed by atoms with Crippen molar-refractivity contribution >= 4 is 23.4 Å². The Morgan fingerprint density at radius 1 is 1.11 bits per heavy atom. The number of benzene rings is 1. The van der Waals surface area contributed by atoms with Gasteiger partial charge in [0.1, 0.15) is 17.3 Å². The molecule has 3 rings (SSSR count). The van der Waals surface area contributed by atoms with E-state index in [1.807, 2.05) is 0 Å². The Labute approximate surface area is 160 Å². The number of hydrogen-bond donors (Lipinski definition) is 1. The molecule has 1 aromatic heterocycles. The van der Waals surface area contributed by atoms with Gasteiger partial charge >= 0.3 is 6.09 Å². The largest absolute Gasteiger partial charge is 0.450 e. The van der Waals surface area contributed by atoms with Crippen LogP contribution < -0.4 is 5.32 Å². The number of nitrogens with zero attached hydrogens (tertiary/aromatic N) is 3. The molecule has 0 spiro atoms. The summed E-state index contributed by atoms with van der Waals surface area (Å²) in [6.45, 7) is 3.53. The van der Waals surface area contributed by atoms with E-state index in [2.05, 4.69) is 10.3 Å². The van der Waals surface area contributed by atoms with Crippen LogP contribution in [0.3, 0.4) is 0 Å². The van der Waals surface area contributed by atoms with Crippen molar-refractivity contribution in [1.29, 1.82) is 0 Å². The molecule has 0 atom stereocenters. The van der Waals surface area contributed by atoms with Crippen LogP contribution in [0, 0.1) is 11.6 Å². The second-order valence-corrected chi connectivity index (χ2v) is 6.16. The number of piperazine rings is 1. The third-order valence-corrected chi connectivity index (χ3v) is 4.28. The van der Waals surface area contributed by atoms with Gasteiger partial charge in [0.25, 0.3) is 5.91 Å². The highest BCUT2D eigenvalue weighted by Crippen LogP contribution is 2.21. The molecule has 1 fully saturated rings. The van der Waals surface area contributed by atoms with E-state index in [-0.39, 0.29) is 23.4 Å². The maximum absolute atomic E-state index is 13.8. The van der Waals surface area contributed by atoms with Gasteiger partial charge in [-0.3, -0.25) is 9.78 Å². The number of ether oxygens (including phenoxy) is 1. The summed E-state index contributed by atoms with van der Waals surface area (Å²) in [6, 6.07) is 6.28. The highest BCUT2D eigenvalue weighted by molar-refractivity contribution is 5.93. The molecule has 0 unspecified atom stereocenters. The van der Waals surface area contributed by atoms with Crippen LogP contribution >= 0.6 is 0 Å². The van der Waals surface area contributed by atoms with Crippen LogP contribution in [0.2, 0.25) is 0 Å². The molecule has 28 heavy (non-hydrogen) atoms. The first-order valence-corrected chi connectivity index (χ1v) is 8.87. The average molecular weight is 390 g/mol. The van der Waals surface area contributed by atoms with E-state index >= 15 is 0 Å². The second-order valence-electron chi connectivity index (χ2n) is 6.16. The molecule has 1 saturated heterocycles. The molecule has 7 nitrogen and oxygen atoms in total. The second kappa shape index (κ2) is 8.64. The van der Waals surface area contributed by atoms with Crippen molar-refractivity contribution in [2.24, 2.45) is 0 Å². The Balaban J connectivity index is 1.65. The van der Waals surface area contributed by atoms with Gasteiger partial charge < -0.3 is 19.9 Å². The molecule has 1 aliphatic rings. The Morgan fingerprint density at radius 3 is 2.50 bits per heavy atom. The molecular formula is C19H20F2N4O3. The smallest absolute Gasteiger partial charge is 0.409 e. The van der Waals surface area contributed by atoms with E-state index in [9.17, 15) is 18.4 Å². The highest BCUT2D eigenvalue weighted by Gasteiger charge is 2.26. The molecule has 1 N–H and O–H groups in total. The minimum atomic E-state index is -0.736. The molecule has 0 radical (unpaired) electrons. The van der Waals surface area contributed by atoms with E-state index < -0.39 is 11.6 Å². The summed E-state index contributed by atoms with van der Waals surface area (Å²) < 4.78 is 31.8. The zero-order valence-electron chi connectivity index (χ0n) is 15.3. The maximum atomic E-state index is 13.8. The predicted molar refractivity (Wildman–Crippen MR) is 98.4 cm³/mol. The van der Waals surface area contributed by atoms with Gasteiger partial charge in [0.15, 0.2) is 0 Å². The number of anilines is 2. The van der Waals surface area contributed by atoms with Crippen LogP contribution in [0.25, 0.3) is 0 Å². The van der Waals surface area contributed by atoms with E-state index in [0.29, 0.717) is 38.5 Å². The molecule has 0 saturated carbocycles. The molecule has 2 amide bonds. The minimum absolute atomic E-state index is 0.0917. The van der Waals surface area contributed by atoms with E-state index in [0.717, 1.165) is 12.1 Å². The topological polar surface area (TPSA) is 74.8 Å². The highest BCUT2D eigenvalue weighted by atomic mass is 19.1. The molecular weight excluding hydrogens is 370 g/mol. The number of amides is 2. The van der Waals surface area contributed by atoms with Gasteiger partial charge in [-0.15, -0.1) is 0 Å². The monoisotopic (exact) mass is 390 g/mol. The fourth-order valence-electron chi connectivity index (χ4n) is 2.84. The van der Waals surface area contributed by atoms with Gasteiger partial charge in [-0.25, -0.2) is 13.6 Å². The average Bonchev–Trinajstić information content (AvgIpc) is 2.70. The third kappa shape index (κ3) is 4.54. The van der Waals surface area contributed by atoms with Crippen molar-refractivity contribution in [1.82, 2.24) is 14.8 Å². The fourth-order valence-corrected chi connectivity index (χ4v) is 2.84. The summed E-state index contributed by atoms with van der Waals surface area (Å²) in [5.41, 5.74) is 0.736. The molecule has 1 aliphatic heterocycles. The predicted octanol–water partition coefficient (Wildman–Crippen LogP) is 3.02. The number of halogens is 2. The van der Waals surface area contributed by atoms with Crippen molar-refractivity contribution in [3.63, 3.8) is 0 Å². The Bertz CT molecular complexity index is 870. The number of nitrogens with one attached hydrogen (secondary N) is 1. The van der Waals surface area contributed by atoms with Gasteiger partial charge in [-0.05, 0) is 31.2 Å². The number of aromatic nitrogens is 1. The lowest BCUT2D eigenvalue weighted by atomic mass is 10.2. The van der Waals surface area contributed by atoms with E-state index in [4.69, 9.17) is 4.74 Å². The van der Waals surface area contributed by atoms with Gasteiger partial charge in [-0.2, -0.15) is 0 Å². The van der Waals surface area contributed by atoms with Crippen LogP contribution in [0.5, 0.6) is 0 Å².